The minimum absolute atomic E-state index is 0.125. The maximum Gasteiger partial charge on any atom is 0.265 e. The van der Waals surface area contributed by atoms with E-state index in [2.05, 4.69) is 26.4 Å². The van der Waals surface area contributed by atoms with Crippen LogP contribution < -0.4 is 5.32 Å². The predicted molar refractivity (Wildman–Crippen MR) is 92.2 cm³/mol. The molecule has 0 aliphatic carbocycles. The van der Waals surface area contributed by atoms with Gasteiger partial charge < -0.3 is 10.2 Å². The Labute approximate surface area is 138 Å². The molecular weight excluding hydrogens is 344 g/mol. The van der Waals surface area contributed by atoms with E-state index >= 15 is 0 Å². The number of carbonyl (C=O) groups excluding carboxylic acids is 1. The first-order valence-corrected chi connectivity index (χ1v) is 7.62. The summed E-state index contributed by atoms with van der Waals surface area (Å²) >= 11 is 3.36. The number of benzene rings is 2. The zero-order valence-electron chi connectivity index (χ0n) is 12.5. The quantitative estimate of drug-likeness (QED) is 0.645. The second kappa shape index (κ2) is 7.75. The van der Waals surface area contributed by atoms with Crippen LogP contribution in [0.15, 0.2) is 52.1 Å². The van der Waals surface area contributed by atoms with Gasteiger partial charge in [0.1, 0.15) is 0 Å². The fraction of sp³-hybridized carbons (Fsp3) is 0.176. The minimum atomic E-state index is -0.235. The molecule has 2 aromatic carbocycles. The van der Waals surface area contributed by atoms with Gasteiger partial charge >= 0.3 is 0 Å². The molecule has 0 bridgehead atoms. The third kappa shape index (κ3) is 5.00. The molecule has 0 unspecified atom stereocenters. The van der Waals surface area contributed by atoms with Gasteiger partial charge in [0.25, 0.3) is 5.91 Å². The van der Waals surface area contributed by atoms with Gasteiger partial charge in [-0.15, -0.1) is 0 Å². The van der Waals surface area contributed by atoms with Crippen LogP contribution >= 0.6 is 15.9 Å². The van der Waals surface area contributed by atoms with Crippen molar-refractivity contribution >= 4 is 33.7 Å². The molecule has 0 aromatic heterocycles. The number of nitrogens with one attached hydrogen (secondary N) is 1. The maximum absolute atomic E-state index is 11.8. The number of amides is 1. The van der Waals surface area contributed by atoms with Crippen molar-refractivity contribution in [2.75, 3.05) is 11.9 Å². The fourth-order valence-electron chi connectivity index (χ4n) is 1.80. The van der Waals surface area contributed by atoms with Crippen molar-refractivity contribution in [3.05, 3.63) is 63.6 Å². The molecule has 1 N–H and O–H groups in total. The summed E-state index contributed by atoms with van der Waals surface area (Å²) in [7, 11) is 0. The monoisotopic (exact) mass is 360 g/mol. The molecule has 0 radical (unpaired) electrons. The van der Waals surface area contributed by atoms with Crippen LogP contribution in [0.4, 0.5) is 5.69 Å². The van der Waals surface area contributed by atoms with E-state index in [9.17, 15) is 4.79 Å². The lowest BCUT2D eigenvalue weighted by molar-refractivity contribution is -0.120. The van der Waals surface area contributed by atoms with Crippen molar-refractivity contribution in [1.82, 2.24) is 0 Å². The van der Waals surface area contributed by atoms with Gasteiger partial charge in [0.05, 0.1) is 6.21 Å². The summed E-state index contributed by atoms with van der Waals surface area (Å²) in [5, 5.41) is 6.60. The first-order chi connectivity index (χ1) is 10.5. The summed E-state index contributed by atoms with van der Waals surface area (Å²) in [5.74, 6) is -0.235. The van der Waals surface area contributed by atoms with Crippen molar-refractivity contribution in [1.29, 1.82) is 0 Å². The molecule has 0 fully saturated rings. The standard InChI is InChI=1S/C17H17BrN2O2/c1-12-3-4-13(2)16(9-12)20-17(21)11-22-19-10-14-5-7-15(18)8-6-14/h3-10H,11H2,1-2H3,(H,20,21)/b19-10-. The molecular formula is C17H17BrN2O2. The highest BCUT2D eigenvalue weighted by Crippen LogP contribution is 2.16. The topological polar surface area (TPSA) is 50.7 Å². The van der Waals surface area contributed by atoms with Crippen molar-refractivity contribution in [3.63, 3.8) is 0 Å². The van der Waals surface area contributed by atoms with Gasteiger partial charge in [-0.1, -0.05) is 45.4 Å². The summed E-state index contributed by atoms with van der Waals surface area (Å²) in [5.41, 5.74) is 3.80. The number of anilines is 1. The molecule has 0 heterocycles. The fourth-order valence-corrected chi connectivity index (χ4v) is 2.06. The van der Waals surface area contributed by atoms with Gasteiger partial charge in [0.2, 0.25) is 0 Å². The van der Waals surface area contributed by atoms with Crippen LogP contribution in [0, 0.1) is 13.8 Å². The van der Waals surface area contributed by atoms with Crippen molar-refractivity contribution in [2.45, 2.75) is 13.8 Å². The number of aryl methyl sites for hydroxylation is 2. The molecule has 0 saturated heterocycles. The Kier molecular flexibility index (Phi) is 5.72. The van der Waals surface area contributed by atoms with Crippen LogP contribution in [-0.4, -0.2) is 18.7 Å². The molecule has 4 nitrogen and oxygen atoms in total. The summed E-state index contributed by atoms with van der Waals surface area (Å²) in [4.78, 5) is 16.8. The van der Waals surface area contributed by atoms with Crippen molar-refractivity contribution in [3.8, 4) is 0 Å². The van der Waals surface area contributed by atoms with Gasteiger partial charge in [-0.05, 0) is 48.7 Å². The summed E-state index contributed by atoms with van der Waals surface area (Å²) in [6.45, 7) is 3.80. The van der Waals surface area contributed by atoms with Crippen LogP contribution in [0.3, 0.4) is 0 Å². The summed E-state index contributed by atoms with van der Waals surface area (Å²) < 4.78 is 0.999. The van der Waals surface area contributed by atoms with Crippen LogP contribution in [0.2, 0.25) is 0 Å². The van der Waals surface area contributed by atoms with Crippen LogP contribution in [-0.2, 0) is 9.63 Å². The van der Waals surface area contributed by atoms with Crippen LogP contribution in [0.25, 0.3) is 0 Å². The van der Waals surface area contributed by atoms with Gasteiger partial charge in [-0.2, -0.15) is 0 Å². The lowest BCUT2D eigenvalue weighted by Gasteiger charge is -2.08. The Bertz CT molecular complexity index is 682. The number of nitrogens with zero attached hydrogens (tertiary/aromatic N) is 1. The lowest BCUT2D eigenvalue weighted by atomic mass is 10.1. The first kappa shape index (κ1) is 16.2. The second-order valence-electron chi connectivity index (χ2n) is 4.93. The summed E-state index contributed by atoms with van der Waals surface area (Å²) in [6.07, 6.45) is 1.57. The normalized spacial score (nSPS) is 10.7. The number of halogens is 1. The Morgan fingerprint density at radius 1 is 1.23 bits per heavy atom. The van der Waals surface area contributed by atoms with E-state index in [4.69, 9.17) is 4.84 Å². The maximum atomic E-state index is 11.8. The number of hydrogen-bond acceptors (Lipinski definition) is 3. The highest BCUT2D eigenvalue weighted by Gasteiger charge is 2.05. The van der Waals surface area contributed by atoms with Gasteiger partial charge in [0.15, 0.2) is 6.61 Å². The molecule has 2 aromatic rings. The average Bonchev–Trinajstić information content (AvgIpc) is 2.49. The van der Waals surface area contributed by atoms with E-state index in [0.29, 0.717) is 0 Å². The Morgan fingerprint density at radius 2 is 1.95 bits per heavy atom. The van der Waals surface area contributed by atoms with E-state index in [1.807, 2.05) is 56.3 Å². The molecule has 0 aliphatic heterocycles. The van der Waals surface area contributed by atoms with E-state index < -0.39 is 0 Å². The number of hydrogen-bond donors (Lipinski definition) is 1. The second-order valence-corrected chi connectivity index (χ2v) is 5.84. The molecule has 0 atom stereocenters. The Morgan fingerprint density at radius 3 is 2.68 bits per heavy atom. The summed E-state index contributed by atoms with van der Waals surface area (Å²) in [6, 6.07) is 13.5. The van der Waals surface area contributed by atoms with Gasteiger partial charge in [-0.25, -0.2) is 0 Å². The molecule has 0 spiro atoms. The smallest absolute Gasteiger partial charge is 0.265 e. The minimum Gasteiger partial charge on any atom is -0.386 e. The molecule has 2 rings (SSSR count). The highest BCUT2D eigenvalue weighted by atomic mass is 79.9. The van der Waals surface area contributed by atoms with Crippen LogP contribution in [0.1, 0.15) is 16.7 Å². The number of oxime groups is 1. The van der Waals surface area contributed by atoms with E-state index in [1.165, 1.54) is 0 Å². The molecule has 114 valence electrons. The molecule has 22 heavy (non-hydrogen) atoms. The average molecular weight is 361 g/mol. The predicted octanol–water partition coefficient (Wildman–Crippen LogP) is 4.06. The zero-order chi connectivity index (χ0) is 15.9. The van der Waals surface area contributed by atoms with Gasteiger partial charge in [-0.3, -0.25) is 4.79 Å². The largest absolute Gasteiger partial charge is 0.386 e. The number of carbonyl (C=O) groups is 1. The molecule has 1 amide bonds. The van der Waals surface area contributed by atoms with E-state index in [-0.39, 0.29) is 12.5 Å². The first-order valence-electron chi connectivity index (χ1n) is 6.82. The van der Waals surface area contributed by atoms with Crippen LogP contribution in [0.5, 0.6) is 0 Å². The Balaban J connectivity index is 1.83. The Hall–Kier alpha value is -2.14. The molecule has 0 aliphatic rings. The van der Waals surface area contributed by atoms with E-state index in [1.54, 1.807) is 6.21 Å². The third-order valence-electron chi connectivity index (χ3n) is 3.01. The van der Waals surface area contributed by atoms with Gasteiger partial charge in [0, 0.05) is 10.2 Å². The zero-order valence-corrected chi connectivity index (χ0v) is 14.1. The number of rotatable bonds is 5. The molecule has 5 heteroatoms. The lowest BCUT2D eigenvalue weighted by Crippen LogP contribution is -2.17. The molecule has 0 saturated carbocycles. The van der Waals surface area contributed by atoms with Crippen molar-refractivity contribution in [2.24, 2.45) is 5.16 Å². The van der Waals surface area contributed by atoms with Crippen molar-refractivity contribution < 1.29 is 9.63 Å². The third-order valence-corrected chi connectivity index (χ3v) is 3.54. The SMILES string of the molecule is Cc1ccc(C)c(NC(=O)CO/N=C\c2ccc(Br)cc2)c1. The van der Waals surface area contributed by atoms with E-state index in [0.717, 1.165) is 26.9 Å². The highest BCUT2D eigenvalue weighted by molar-refractivity contribution is 9.10.